The fourth-order valence-electron chi connectivity index (χ4n) is 1.47. The van der Waals surface area contributed by atoms with Crippen molar-refractivity contribution in [2.75, 3.05) is 12.3 Å². The zero-order chi connectivity index (χ0) is 15.2. The smallest absolute Gasteiger partial charge is 0.321 e. The second-order valence-corrected chi connectivity index (χ2v) is 7.55. The number of thioether (sulfide) groups is 1. The molecule has 0 saturated heterocycles. The molecule has 7 heteroatoms. The van der Waals surface area contributed by atoms with Crippen LogP contribution in [0.1, 0.15) is 18.7 Å². The van der Waals surface area contributed by atoms with Crippen molar-refractivity contribution in [3.8, 4) is 0 Å². The molecule has 0 fully saturated rings. The summed E-state index contributed by atoms with van der Waals surface area (Å²) in [4.78, 5) is 23.8. The molecule has 0 aliphatic heterocycles. The number of hydrogen-bond acceptors (Lipinski definition) is 5. The standard InChI is InChI=1S/C13H20N2O3S2/c1-13(2,11(14)12(17)18)20-8-10(16)15-6-5-9-4-3-7-19-9/h3-4,7,11H,5-6,8,14H2,1-2H3,(H,15,16)(H,17,18)/t11-/m0/s1. The summed E-state index contributed by atoms with van der Waals surface area (Å²) in [5.41, 5.74) is 5.59. The van der Waals surface area contributed by atoms with Crippen molar-refractivity contribution in [1.82, 2.24) is 5.32 Å². The maximum atomic E-state index is 11.7. The molecule has 1 heterocycles. The molecule has 0 aliphatic carbocycles. The second kappa shape index (κ2) is 7.66. The highest BCUT2D eigenvalue weighted by molar-refractivity contribution is 8.01. The first-order chi connectivity index (χ1) is 9.33. The Bertz CT molecular complexity index is 446. The quantitative estimate of drug-likeness (QED) is 0.673. The van der Waals surface area contributed by atoms with Crippen LogP contribution in [-0.2, 0) is 16.0 Å². The van der Waals surface area contributed by atoms with Crippen molar-refractivity contribution in [1.29, 1.82) is 0 Å². The number of aliphatic carboxylic acids is 1. The predicted molar refractivity (Wildman–Crippen MR) is 83.2 cm³/mol. The van der Waals surface area contributed by atoms with Gasteiger partial charge in [-0.1, -0.05) is 6.07 Å². The normalized spacial score (nSPS) is 12.9. The second-order valence-electron chi connectivity index (χ2n) is 4.89. The lowest BCUT2D eigenvalue weighted by molar-refractivity contribution is -0.139. The highest BCUT2D eigenvalue weighted by atomic mass is 32.2. The van der Waals surface area contributed by atoms with Crippen molar-refractivity contribution in [2.24, 2.45) is 5.73 Å². The first kappa shape index (κ1) is 17.0. The van der Waals surface area contributed by atoms with Gasteiger partial charge >= 0.3 is 5.97 Å². The summed E-state index contributed by atoms with van der Waals surface area (Å²) >= 11 is 2.92. The molecule has 0 aromatic carbocycles. The number of nitrogens with one attached hydrogen (secondary N) is 1. The number of amides is 1. The van der Waals surface area contributed by atoms with Crippen LogP contribution in [-0.4, -0.2) is 40.1 Å². The van der Waals surface area contributed by atoms with Crippen LogP contribution < -0.4 is 11.1 Å². The Balaban J connectivity index is 2.27. The van der Waals surface area contributed by atoms with Gasteiger partial charge in [0.1, 0.15) is 6.04 Å². The van der Waals surface area contributed by atoms with E-state index in [1.54, 1.807) is 25.2 Å². The molecule has 1 atom stereocenters. The molecular weight excluding hydrogens is 296 g/mol. The molecule has 1 aromatic rings. The topological polar surface area (TPSA) is 92.4 Å². The number of hydrogen-bond donors (Lipinski definition) is 3. The van der Waals surface area contributed by atoms with Gasteiger partial charge in [0.25, 0.3) is 0 Å². The molecule has 1 rings (SSSR count). The van der Waals surface area contributed by atoms with Gasteiger partial charge in [-0.15, -0.1) is 23.1 Å². The van der Waals surface area contributed by atoms with Crippen molar-refractivity contribution >= 4 is 35.0 Å². The van der Waals surface area contributed by atoms with E-state index >= 15 is 0 Å². The van der Waals surface area contributed by atoms with Gasteiger partial charge in [0, 0.05) is 16.2 Å². The zero-order valence-corrected chi connectivity index (χ0v) is 13.2. The summed E-state index contributed by atoms with van der Waals surface area (Å²) in [6, 6.07) is 3.01. The number of rotatable bonds is 8. The molecular formula is C13H20N2O3S2. The molecule has 1 amide bonds. The molecule has 0 spiro atoms. The van der Waals surface area contributed by atoms with E-state index in [1.807, 2.05) is 17.5 Å². The molecule has 0 radical (unpaired) electrons. The van der Waals surface area contributed by atoms with E-state index < -0.39 is 16.8 Å². The first-order valence-electron chi connectivity index (χ1n) is 6.24. The van der Waals surface area contributed by atoms with Gasteiger partial charge in [-0.25, -0.2) is 0 Å². The number of thiophene rings is 1. The Morgan fingerprint density at radius 1 is 1.55 bits per heavy atom. The van der Waals surface area contributed by atoms with Crippen LogP contribution in [0, 0.1) is 0 Å². The van der Waals surface area contributed by atoms with Crippen molar-refractivity contribution < 1.29 is 14.7 Å². The molecule has 0 unspecified atom stereocenters. The summed E-state index contributed by atoms with van der Waals surface area (Å²) in [6.45, 7) is 4.05. The largest absolute Gasteiger partial charge is 0.480 e. The molecule has 5 nitrogen and oxygen atoms in total. The predicted octanol–water partition coefficient (Wildman–Crippen LogP) is 1.33. The van der Waals surface area contributed by atoms with E-state index in [9.17, 15) is 9.59 Å². The van der Waals surface area contributed by atoms with Crippen LogP contribution in [0.15, 0.2) is 17.5 Å². The van der Waals surface area contributed by atoms with E-state index in [2.05, 4.69) is 5.32 Å². The van der Waals surface area contributed by atoms with E-state index in [-0.39, 0.29) is 11.7 Å². The lowest BCUT2D eigenvalue weighted by atomic mass is 10.1. The molecule has 112 valence electrons. The number of carbonyl (C=O) groups excluding carboxylic acids is 1. The minimum atomic E-state index is -1.05. The van der Waals surface area contributed by atoms with Crippen LogP contribution in [0.3, 0.4) is 0 Å². The zero-order valence-electron chi connectivity index (χ0n) is 11.6. The minimum absolute atomic E-state index is 0.0998. The molecule has 0 saturated carbocycles. The van der Waals surface area contributed by atoms with Gasteiger partial charge in [0.15, 0.2) is 0 Å². The SMILES string of the molecule is CC(C)(SCC(=O)NCCc1cccs1)[C@@H](N)C(=O)O. The Kier molecular flexibility index (Phi) is 6.51. The summed E-state index contributed by atoms with van der Waals surface area (Å²) < 4.78 is -0.684. The highest BCUT2D eigenvalue weighted by Gasteiger charge is 2.33. The molecule has 1 aromatic heterocycles. The van der Waals surface area contributed by atoms with E-state index in [4.69, 9.17) is 10.8 Å². The van der Waals surface area contributed by atoms with E-state index in [0.29, 0.717) is 6.54 Å². The Morgan fingerprint density at radius 3 is 2.80 bits per heavy atom. The number of nitrogens with two attached hydrogens (primary N) is 1. The molecule has 20 heavy (non-hydrogen) atoms. The minimum Gasteiger partial charge on any atom is -0.480 e. The molecule has 0 bridgehead atoms. The fraction of sp³-hybridized carbons (Fsp3) is 0.538. The van der Waals surface area contributed by atoms with Crippen LogP contribution in [0.25, 0.3) is 0 Å². The van der Waals surface area contributed by atoms with Gasteiger partial charge < -0.3 is 16.2 Å². The third-order valence-electron chi connectivity index (χ3n) is 2.86. The van der Waals surface area contributed by atoms with Crippen LogP contribution in [0.5, 0.6) is 0 Å². The number of carbonyl (C=O) groups is 2. The fourth-order valence-corrected chi connectivity index (χ4v) is 3.06. The third kappa shape index (κ3) is 5.52. The Labute approximate surface area is 126 Å². The van der Waals surface area contributed by atoms with Crippen LogP contribution >= 0.6 is 23.1 Å². The van der Waals surface area contributed by atoms with Crippen molar-refractivity contribution in [3.05, 3.63) is 22.4 Å². The highest BCUT2D eigenvalue weighted by Crippen LogP contribution is 2.27. The first-order valence-corrected chi connectivity index (χ1v) is 8.11. The van der Waals surface area contributed by atoms with E-state index in [0.717, 1.165) is 6.42 Å². The molecule has 0 aliphatic rings. The third-order valence-corrected chi connectivity index (χ3v) is 5.20. The average Bonchev–Trinajstić information content (AvgIpc) is 2.88. The van der Waals surface area contributed by atoms with E-state index in [1.165, 1.54) is 16.6 Å². The van der Waals surface area contributed by atoms with Crippen molar-refractivity contribution in [3.63, 3.8) is 0 Å². The number of carboxylic acids is 1. The van der Waals surface area contributed by atoms with Crippen LogP contribution in [0.4, 0.5) is 0 Å². The van der Waals surface area contributed by atoms with Gasteiger partial charge in [-0.05, 0) is 31.7 Å². The summed E-state index contributed by atoms with van der Waals surface area (Å²) in [7, 11) is 0. The summed E-state index contributed by atoms with van der Waals surface area (Å²) in [5.74, 6) is -0.948. The van der Waals surface area contributed by atoms with Gasteiger partial charge in [0.2, 0.25) is 5.91 Å². The summed E-state index contributed by atoms with van der Waals surface area (Å²) in [6.07, 6.45) is 0.812. The lowest BCUT2D eigenvalue weighted by Gasteiger charge is -2.27. The monoisotopic (exact) mass is 316 g/mol. The van der Waals surface area contributed by atoms with Gasteiger partial charge in [-0.2, -0.15) is 0 Å². The maximum absolute atomic E-state index is 11.7. The van der Waals surface area contributed by atoms with Gasteiger partial charge in [0.05, 0.1) is 5.75 Å². The molecule has 4 N–H and O–H groups in total. The lowest BCUT2D eigenvalue weighted by Crippen LogP contribution is -2.47. The average molecular weight is 316 g/mol. The Morgan fingerprint density at radius 2 is 2.25 bits per heavy atom. The van der Waals surface area contributed by atoms with Crippen molar-refractivity contribution in [2.45, 2.75) is 31.1 Å². The Hall–Kier alpha value is -1.05. The maximum Gasteiger partial charge on any atom is 0.321 e. The van der Waals surface area contributed by atoms with Crippen LogP contribution in [0.2, 0.25) is 0 Å². The van der Waals surface area contributed by atoms with Gasteiger partial charge in [-0.3, -0.25) is 9.59 Å². The number of carboxylic acid groups (broad SMARTS) is 1. The summed E-state index contributed by atoms with van der Waals surface area (Å²) in [5, 5.41) is 13.7.